The largest absolute Gasteiger partial charge is 0.385 e. The fraction of sp³-hybridized carbons (Fsp3) is 0.538. The molecule has 5 heteroatoms. The van der Waals surface area contributed by atoms with E-state index in [9.17, 15) is 0 Å². The minimum atomic E-state index is 0.326. The van der Waals surface area contributed by atoms with Crippen LogP contribution in [0.4, 0.5) is 0 Å². The molecule has 2 aromatic rings. The van der Waals surface area contributed by atoms with Crippen molar-refractivity contribution in [1.82, 2.24) is 9.80 Å². The fourth-order valence-electron chi connectivity index (χ4n) is 5.82. The van der Waals surface area contributed by atoms with Crippen molar-refractivity contribution in [1.29, 1.82) is 0 Å². The molecule has 2 aliphatic heterocycles. The van der Waals surface area contributed by atoms with Crippen molar-refractivity contribution in [3.05, 3.63) is 71.8 Å². The highest BCUT2D eigenvalue weighted by molar-refractivity contribution is 5.24. The quantitative estimate of drug-likeness (QED) is 0.579. The Kier molecular flexibility index (Phi) is 7.75. The van der Waals surface area contributed by atoms with Crippen molar-refractivity contribution in [2.24, 2.45) is 11.8 Å². The van der Waals surface area contributed by atoms with Crippen LogP contribution < -0.4 is 0 Å². The van der Waals surface area contributed by atoms with E-state index in [4.69, 9.17) is 14.2 Å². The van der Waals surface area contributed by atoms with Gasteiger partial charge in [-0.2, -0.15) is 0 Å². The molecule has 0 spiro atoms. The van der Waals surface area contributed by atoms with Gasteiger partial charge >= 0.3 is 0 Å². The second-order valence-corrected chi connectivity index (χ2v) is 8.79. The van der Waals surface area contributed by atoms with Gasteiger partial charge in [-0.25, -0.2) is 0 Å². The summed E-state index contributed by atoms with van der Waals surface area (Å²) in [6.07, 6.45) is 1.35. The molecule has 0 saturated carbocycles. The fourth-order valence-corrected chi connectivity index (χ4v) is 5.82. The molecule has 31 heavy (non-hydrogen) atoms. The highest BCUT2D eigenvalue weighted by Crippen LogP contribution is 2.49. The van der Waals surface area contributed by atoms with Crippen LogP contribution >= 0.6 is 0 Å². The number of fused-ring (bicyclic) bond motifs is 1. The lowest BCUT2D eigenvalue weighted by molar-refractivity contribution is 0.0486. The van der Waals surface area contributed by atoms with Gasteiger partial charge in [0.2, 0.25) is 0 Å². The second kappa shape index (κ2) is 10.7. The first-order valence-corrected chi connectivity index (χ1v) is 11.4. The molecule has 5 nitrogen and oxygen atoms in total. The number of hydrogen-bond donors (Lipinski definition) is 0. The van der Waals surface area contributed by atoms with Gasteiger partial charge in [0.05, 0.1) is 19.4 Å². The number of hydrogen-bond acceptors (Lipinski definition) is 5. The van der Waals surface area contributed by atoms with Gasteiger partial charge in [-0.15, -0.1) is 0 Å². The molecular formula is C26H36N2O3. The van der Waals surface area contributed by atoms with E-state index < -0.39 is 0 Å². The molecule has 0 radical (unpaired) electrons. The van der Waals surface area contributed by atoms with Gasteiger partial charge in [-0.3, -0.25) is 9.80 Å². The van der Waals surface area contributed by atoms with E-state index in [0.29, 0.717) is 30.1 Å². The first kappa shape index (κ1) is 22.4. The van der Waals surface area contributed by atoms with E-state index >= 15 is 0 Å². The molecule has 2 aromatic carbocycles. The zero-order valence-corrected chi connectivity index (χ0v) is 19.0. The Morgan fingerprint density at radius 1 is 0.806 bits per heavy atom. The number of nitrogens with zero attached hydrogens (tertiary/aromatic N) is 2. The molecule has 2 saturated heterocycles. The third kappa shape index (κ3) is 4.71. The Labute approximate surface area is 186 Å². The van der Waals surface area contributed by atoms with Gasteiger partial charge in [-0.05, 0) is 23.5 Å². The maximum atomic E-state index is 5.78. The van der Waals surface area contributed by atoms with E-state index in [1.807, 2.05) is 14.2 Å². The van der Waals surface area contributed by atoms with Crippen LogP contribution in [0.1, 0.15) is 23.6 Å². The van der Waals surface area contributed by atoms with Crippen molar-refractivity contribution >= 4 is 0 Å². The van der Waals surface area contributed by atoms with Gasteiger partial charge in [0, 0.05) is 59.0 Å². The third-order valence-electron chi connectivity index (χ3n) is 7.02. The topological polar surface area (TPSA) is 34.2 Å². The van der Waals surface area contributed by atoms with Gasteiger partial charge in [0.1, 0.15) is 0 Å². The predicted molar refractivity (Wildman–Crippen MR) is 123 cm³/mol. The van der Waals surface area contributed by atoms with Crippen LogP contribution in [0, 0.1) is 11.8 Å². The average molecular weight is 425 g/mol. The van der Waals surface area contributed by atoms with Crippen molar-refractivity contribution in [3.63, 3.8) is 0 Å². The van der Waals surface area contributed by atoms with Crippen LogP contribution in [0.25, 0.3) is 0 Å². The molecule has 5 atom stereocenters. The lowest BCUT2D eigenvalue weighted by atomic mass is 9.86. The molecule has 0 amide bonds. The smallest absolute Gasteiger partial charge is 0.0689 e. The average Bonchev–Trinajstić information content (AvgIpc) is 3.31. The third-order valence-corrected chi connectivity index (χ3v) is 7.02. The lowest BCUT2D eigenvalue weighted by Gasteiger charge is -2.32. The number of rotatable bonds is 10. The molecule has 0 aliphatic carbocycles. The predicted octanol–water partition coefficient (Wildman–Crippen LogP) is 3.82. The Balaban J connectivity index is 1.71. The van der Waals surface area contributed by atoms with Crippen LogP contribution in [0.3, 0.4) is 0 Å². The van der Waals surface area contributed by atoms with Crippen LogP contribution in [-0.2, 0) is 20.8 Å². The Hall–Kier alpha value is -1.76. The molecule has 0 unspecified atom stereocenters. The summed E-state index contributed by atoms with van der Waals surface area (Å²) in [4.78, 5) is 5.39. The molecule has 0 aromatic heterocycles. The molecule has 2 aliphatic rings. The summed E-state index contributed by atoms with van der Waals surface area (Å²) < 4.78 is 17.0. The molecule has 0 N–H and O–H groups in total. The maximum Gasteiger partial charge on any atom is 0.0689 e. The molecule has 2 fully saturated rings. The molecular weight excluding hydrogens is 388 g/mol. The van der Waals surface area contributed by atoms with Gasteiger partial charge in [0.15, 0.2) is 0 Å². The molecule has 0 bridgehead atoms. The summed E-state index contributed by atoms with van der Waals surface area (Å²) in [7, 11) is 5.44. The second-order valence-electron chi connectivity index (χ2n) is 8.79. The van der Waals surface area contributed by atoms with Gasteiger partial charge in [0.25, 0.3) is 0 Å². The monoisotopic (exact) mass is 424 g/mol. The zero-order valence-electron chi connectivity index (χ0n) is 19.0. The molecule has 2 heterocycles. The van der Waals surface area contributed by atoms with Crippen LogP contribution in [-0.4, -0.2) is 69.7 Å². The lowest BCUT2D eigenvalue weighted by Crippen LogP contribution is -2.42. The van der Waals surface area contributed by atoms with Gasteiger partial charge in [-0.1, -0.05) is 60.7 Å². The van der Waals surface area contributed by atoms with Gasteiger partial charge < -0.3 is 14.2 Å². The van der Waals surface area contributed by atoms with E-state index in [1.165, 1.54) is 11.1 Å². The summed E-state index contributed by atoms with van der Waals surface area (Å²) in [6.45, 7) is 4.21. The Morgan fingerprint density at radius 2 is 1.48 bits per heavy atom. The summed E-state index contributed by atoms with van der Waals surface area (Å²) in [5.41, 5.74) is 2.74. The highest BCUT2D eigenvalue weighted by Gasteiger charge is 2.56. The van der Waals surface area contributed by atoms with E-state index in [1.54, 1.807) is 7.11 Å². The van der Waals surface area contributed by atoms with Crippen molar-refractivity contribution in [3.8, 4) is 0 Å². The van der Waals surface area contributed by atoms with E-state index in [2.05, 4.69) is 70.5 Å². The number of ether oxygens (including phenoxy) is 3. The minimum Gasteiger partial charge on any atom is -0.385 e. The maximum absolute atomic E-state index is 5.78. The Morgan fingerprint density at radius 3 is 2.13 bits per heavy atom. The van der Waals surface area contributed by atoms with E-state index in [-0.39, 0.29) is 0 Å². The van der Waals surface area contributed by atoms with Crippen LogP contribution in [0.5, 0.6) is 0 Å². The van der Waals surface area contributed by atoms with Crippen molar-refractivity contribution in [2.45, 2.75) is 31.2 Å². The van der Waals surface area contributed by atoms with Crippen molar-refractivity contribution in [2.75, 3.05) is 47.7 Å². The standard InChI is InChI=1S/C26H36N2O3/c1-29-15-14-22-23(18-30-2)26-27(16-20-10-6-4-7-11-20)17-24(21-12-8-5-9-13-21)28(26)25(22)19-31-3/h4-13,22-26H,14-19H2,1-3H3/t22-,23-,24-,25-,26+/m1/s1. The first-order chi connectivity index (χ1) is 15.3. The Bertz CT molecular complexity index is 788. The molecule has 168 valence electrons. The normalized spacial score (nSPS) is 28.8. The molecule has 4 rings (SSSR count). The van der Waals surface area contributed by atoms with E-state index in [0.717, 1.165) is 39.3 Å². The minimum absolute atomic E-state index is 0.326. The van der Waals surface area contributed by atoms with Crippen LogP contribution in [0.15, 0.2) is 60.7 Å². The summed E-state index contributed by atoms with van der Waals surface area (Å²) >= 11 is 0. The zero-order chi connectivity index (χ0) is 21.6. The van der Waals surface area contributed by atoms with Crippen molar-refractivity contribution < 1.29 is 14.2 Å². The first-order valence-electron chi connectivity index (χ1n) is 11.4. The number of benzene rings is 2. The van der Waals surface area contributed by atoms with Crippen LogP contribution in [0.2, 0.25) is 0 Å². The summed E-state index contributed by atoms with van der Waals surface area (Å²) in [6, 6.07) is 22.5. The number of methoxy groups -OCH3 is 3. The highest BCUT2D eigenvalue weighted by atomic mass is 16.5. The summed E-state index contributed by atoms with van der Waals surface area (Å²) in [5.74, 6) is 0.882. The summed E-state index contributed by atoms with van der Waals surface area (Å²) in [5, 5.41) is 0. The SMILES string of the molecule is COCC[C@@H]1[C@@H](COC)[C@H]2N(Cc3ccccc3)C[C@H](c3ccccc3)N2[C@@H]1COC.